The predicted molar refractivity (Wildman–Crippen MR) is 97.0 cm³/mol. The number of quaternary nitrogens is 1. The maximum Gasteiger partial charge on any atom is 0.238 e. The summed E-state index contributed by atoms with van der Waals surface area (Å²) in [5.41, 5.74) is 1.88. The van der Waals surface area contributed by atoms with Gasteiger partial charge in [-0.2, -0.15) is 4.98 Å². The molecule has 6 nitrogen and oxygen atoms in total. The van der Waals surface area contributed by atoms with Gasteiger partial charge in [-0.1, -0.05) is 12.1 Å². The summed E-state index contributed by atoms with van der Waals surface area (Å²) in [6.45, 7) is 3.36. The second-order valence-electron chi connectivity index (χ2n) is 5.98. The van der Waals surface area contributed by atoms with Gasteiger partial charge in [0.05, 0.1) is 31.2 Å². The van der Waals surface area contributed by atoms with Crippen LogP contribution in [0.3, 0.4) is 0 Å². The Labute approximate surface area is 146 Å². The van der Waals surface area contributed by atoms with Gasteiger partial charge < -0.3 is 14.8 Å². The minimum absolute atomic E-state index is 0.609. The molecule has 2 aromatic carbocycles. The zero-order chi connectivity index (χ0) is 17.1. The van der Waals surface area contributed by atoms with Crippen molar-refractivity contribution in [1.29, 1.82) is 0 Å². The van der Waals surface area contributed by atoms with Gasteiger partial charge in [0.2, 0.25) is 11.8 Å². The molecule has 3 aromatic rings. The molecule has 6 heteroatoms. The standard InChI is InChI=1S/C19H20N4O2/c1-24-15-8-6-14(7-9-15)20-19-21-17-5-3-2-4-16(17)18(22-19)23-10-12-25-13-11-23/h2-9H,10-13H2,1H3,(H,20,21,22)/p+1. The first-order valence-electron chi connectivity index (χ1n) is 8.44. The lowest BCUT2D eigenvalue weighted by Crippen LogP contribution is -3.09. The van der Waals surface area contributed by atoms with E-state index in [1.165, 1.54) is 4.90 Å². The molecule has 1 aliphatic heterocycles. The van der Waals surface area contributed by atoms with Crippen LogP contribution in [0.5, 0.6) is 5.75 Å². The molecule has 0 aliphatic carbocycles. The van der Waals surface area contributed by atoms with Gasteiger partial charge in [0, 0.05) is 5.69 Å². The number of hydrogen-bond acceptors (Lipinski definition) is 5. The van der Waals surface area contributed by atoms with Crippen LogP contribution in [0.4, 0.5) is 17.5 Å². The van der Waals surface area contributed by atoms with Crippen molar-refractivity contribution < 1.29 is 14.4 Å². The van der Waals surface area contributed by atoms with E-state index in [0.717, 1.165) is 54.5 Å². The van der Waals surface area contributed by atoms with E-state index in [2.05, 4.69) is 16.4 Å². The minimum Gasteiger partial charge on any atom is -0.497 e. The molecule has 0 bridgehead atoms. The summed E-state index contributed by atoms with van der Waals surface area (Å²) in [4.78, 5) is 10.8. The fourth-order valence-corrected chi connectivity index (χ4v) is 3.06. The number of nitrogens with zero attached hydrogens (tertiary/aromatic N) is 2. The van der Waals surface area contributed by atoms with Gasteiger partial charge in [0.25, 0.3) is 0 Å². The molecular formula is C19H21N4O2+. The second-order valence-corrected chi connectivity index (χ2v) is 5.98. The van der Waals surface area contributed by atoms with Crippen molar-refractivity contribution >= 4 is 28.4 Å². The fraction of sp³-hybridized carbons (Fsp3) is 0.263. The quantitative estimate of drug-likeness (QED) is 0.762. The minimum atomic E-state index is 0.609. The number of morpholine rings is 1. The zero-order valence-electron chi connectivity index (χ0n) is 14.2. The highest BCUT2D eigenvalue weighted by Crippen LogP contribution is 2.22. The normalized spacial score (nSPS) is 15.2. The van der Waals surface area contributed by atoms with Crippen LogP contribution in [0.1, 0.15) is 0 Å². The Morgan fingerprint density at radius 1 is 1.00 bits per heavy atom. The van der Waals surface area contributed by atoms with Crippen LogP contribution in [0.2, 0.25) is 0 Å². The number of hydrogen-bond donors (Lipinski definition) is 2. The molecule has 1 fully saturated rings. The van der Waals surface area contributed by atoms with Gasteiger partial charge in [-0.3, -0.25) is 4.90 Å². The lowest BCUT2D eigenvalue weighted by atomic mass is 10.2. The van der Waals surface area contributed by atoms with Crippen molar-refractivity contribution in [3.05, 3.63) is 48.5 Å². The van der Waals surface area contributed by atoms with Gasteiger partial charge in [0.1, 0.15) is 18.8 Å². The average molecular weight is 337 g/mol. The van der Waals surface area contributed by atoms with Gasteiger partial charge in [0.15, 0.2) is 0 Å². The van der Waals surface area contributed by atoms with Crippen LogP contribution >= 0.6 is 0 Å². The zero-order valence-corrected chi connectivity index (χ0v) is 14.2. The molecule has 0 atom stereocenters. The highest BCUT2D eigenvalue weighted by molar-refractivity contribution is 5.87. The Bertz CT molecular complexity index is 861. The molecule has 1 saturated heterocycles. The number of aromatic nitrogens is 2. The Morgan fingerprint density at radius 2 is 1.76 bits per heavy atom. The third-order valence-corrected chi connectivity index (χ3v) is 4.38. The van der Waals surface area contributed by atoms with E-state index in [9.17, 15) is 0 Å². The number of rotatable bonds is 4. The smallest absolute Gasteiger partial charge is 0.238 e. The van der Waals surface area contributed by atoms with Crippen molar-refractivity contribution in [2.75, 3.05) is 38.7 Å². The van der Waals surface area contributed by atoms with Crippen molar-refractivity contribution in [3.8, 4) is 5.75 Å². The summed E-state index contributed by atoms with van der Waals surface area (Å²) in [5.74, 6) is 2.46. The number of methoxy groups -OCH3 is 1. The summed E-state index contributed by atoms with van der Waals surface area (Å²) in [6.07, 6.45) is 0. The molecule has 1 aliphatic rings. The third kappa shape index (κ3) is 3.40. The van der Waals surface area contributed by atoms with Gasteiger partial charge in [-0.25, -0.2) is 4.98 Å². The molecule has 2 heterocycles. The van der Waals surface area contributed by atoms with Gasteiger partial charge in [-0.05, 0) is 36.4 Å². The van der Waals surface area contributed by atoms with Crippen LogP contribution in [-0.2, 0) is 4.74 Å². The number of anilines is 2. The van der Waals surface area contributed by atoms with Crippen LogP contribution in [0, 0.1) is 0 Å². The monoisotopic (exact) mass is 337 g/mol. The molecule has 0 amide bonds. The largest absolute Gasteiger partial charge is 0.497 e. The van der Waals surface area contributed by atoms with Crippen LogP contribution < -0.4 is 15.0 Å². The number of para-hydroxylation sites is 1. The topological polar surface area (TPSA) is 60.7 Å². The van der Waals surface area contributed by atoms with E-state index in [4.69, 9.17) is 14.5 Å². The number of fused-ring (bicyclic) bond motifs is 1. The van der Waals surface area contributed by atoms with Crippen LogP contribution in [0.25, 0.3) is 10.9 Å². The predicted octanol–water partition coefficient (Wildman–Crippen LogP) is 1.93. The SMILES string of the molecule is COc1ccc(Nc2nc([NH+]3CCOCC3)c3ccccc3n2)cc1. The molecule has 0 radical (unpaired) electrons. The number of ether oxygens (including phenoxy) is 2. The molecule has 2 N–H and O–H groups in total. The lowest BCUT2D eigenvalue weighted by Gasteiger charge is -2.23. The van der Waals surface area contributed by atoms with Gasteiger partial charge >= 0.3 is 0 Å². The van der Waals surface area contributed by atoms with Crippen molar-refractivity contribution in [2.24, 2.45) is 0 Å². The summed E-state index contributed by atoms with van der Waals surface area (Å²) in [5, 5.41) is 4.40. The number of benzene rings is 2. The highest BCUT2D eigenvalue weighted by Gasteiger charge is 2.22. The van der Waals surface area contributed by atoms with E-state index in [-0.39, 0.29) is 0 Å². The van der Waals surface area contributed by atoms with Crippen molar-refractivity contribution in [3.63, 3.8) is 0 Å². The van der Waals surface area contributed by atoms with Crippen LogP contribution in [0.15, 0.2) is 48.5 Å². The molecule has 4 rings (SSSR count). The number of nitrogens with one attached hydrogen (secondary N) is 2. The Balaban J connectivity index is 1.70. The molecular weight excluding hydrogens is 316 g/mol. The van der Waals surface area contributed by atoms with E-state index in [0.29, 0.717) is 5.95 Å². The maximum absolute atomic E-state index is 5.49. The van der Waals surface area contributed by atoms with Crippen LogP contribution in [-0.4, -0.2) is 43.4 Å². The Hall–Kier alpha value is -2.70. The second kappa shape index (κ2) is 7.04. The van der Waals surface area contributed by atoms with Gasteiger partial charge in [-0.15, -0.1) is 0 Å². The molecule has 0 saturated carbocycles. The molecule has 25 heavy (non-hydrogen) atoms. The fourth-order valence-electron chi connectivity index (χ4n) is 3.06. The summed E-state index contributed by atoms with van der Waals surface area (Å²) < 4.78 is 10.7. The average Bonchev–Trinajstić information content (AvgIpc) is 2.68. The first-order chi connectivity index (χ1) is 12.3. The summed E-state index contributed by atoms with van der Waals surface area (Å²) in [7, 11) is 1.66. The lowest BCUT2D eigenvalue weighted by molar-refractivity contribution is -0.843. The Morgan fingerprint density at radius 3 is 2.52 bits per heavy atom. The van der Waals surface area contributed by atoms with Crippen molar-refractivity contribution in [1.82, 2.24) is 9.97 Å². The summed E-state index contributed by atoms with van der Waals surface area (Å²) >= 11 is 0. The van der Waals surface area contributed by atoms with E-state index in [1.54, 1.807) is 7.11 Å². The van der Waals surface area contributed by atoms with E-state index < -0.39 is 0 Å². The van der Waals surface area contributed by atoms with E-state index >= 15 is 0 Å². The maximum atomic E-state index is 5.49. The van der Waals surface area contributed by atoms with E-state index in [1.807, 2.05) is 42.5 Å². The molecule has 0 spiro atoms. The molecule has 0 unspecified atom stereocenters. The Kier molecular flexibility index (Phi) is 4.45. The summed E-state index contributed by atoms with van der Waals surface area (Å²) in [6, 6.07) is 15.9. The van der Waals surface area contributed by atoms with Crippen molar-refractivity contribution in [2.45, 2.75) is 0 Å². The third-order valence-electron chi connectivity index (χ3n) is 4.38. The molecule has 1 aromatic heterocycles. The first kappa shape index (κ1) is 15.8. The highest BCUT2D eigenvalue weighted by atomic mass is 16.5. The first-order valence-corrected chi connectivity index (χ1v) is 8.44. The molecule has 128 valence electrons.